The molecular formula is C14H22O6. The number of carbonyl (C=O) groups is 2. The summed E-state index contributed by atoms with van der Waals surface area (Å²) in [6.45, 7) is 3.85. The number of aliphatic hydroxyl groups is 1. The van der Waals surface area contributed by atoms with Crippen LogP contribution in [0.5, 0.6) is 0 Å². The maximum absolute atomic E-state index is 10.4. The van der Waals surface area contributed by atoms with E-state index in [9.17, 15) is 9.59 Å². The standard InChI is InChI=1S/C8H12O3.C6H10O3/c1-6(8(9)10)5-7-3-2-4-11-7;1-5(6(8)9)3-2-4-7/h5,7H,2-4H2,1H3,(H,9,10);3,7H,2,4H2,1H3,(H,8,9)/b6-5+;5-3+. The van der Waals surface area contributed by atoms with Gasteiger partial charge >= 0.3 is 11.9 Å². The second kappa shape index (κ2) is 10.2. The summed E-state index contributed by atoms with van der Waals surface area (Å²) >= 11 is 0. The van der Waals surface area contributed by atoms with Crippen LogP contribution >= 0.6 is 0 Å². The van der Waals surface area contributed by atoms with Crippen molar-refractivity contribution in [3.63, 3.8) is 0 Å². The molecule has 20 heavy (non-hydrogen) atoms. The van der Waals surface area contributed by atoms with Crippen molar-refractivity contribution in [1.82, 2.24) is 0 Å². The largest absolute Gasteiger partial charge is 0.478 e. The minimum Gasteiger partial charge on any atom is -0.478 e. The van der Waals surface area contributed by atoms with E-state index in [-0.39, 0.29) is 18.3 Å². The third-order valence-corrected chi connectivity index (χ3v) is 2.66. The van der Waals surface area contributed by atoms with Crippen molar-refractivity contribution in [2.24, 2.45) is 0 Å². The average molecular weight is 286 g/mol. The molecule has 1 rings (SSSR count). The van der Waals surface area contributed by atoms with E-state index < -0.39 is 11.9 Å². The predicted octanol–water partition coefficient (Wildman–Crippen LogP) is 1.60. The lowest BCUT2D eigenvalue weighted by atomic mass is 10.2. The van der Waals surface area contributed by atoms with E-state index in [1.807, 2.05) is 0 Å². The summed E-state index contributed by atoms with van der Waals surface area (Å²) in [6.07, 6.45) is 5.60. The maximum Gasteiger partial charge on any atom is 0.331 e. The quantitative estimate of drug-likeness (QED) is 0.663. The van der Waals surface area contributed by atoms with Gasteiger partial charge < -0.3 is 20.1 Å². The van der Waals surface area contributed by atoms with E-state index in [1.165, 1.54) is 13.0 Å². The molecule has 0 saturated carbocycles. The molecule has 3 N–H and O–H groups in total. The van der Waals surface area contributed by atoms with Gasteiger partial charge in [0.1, 0.15) is 0 Å². The number of hydrogen-bond donors (Lipinski definition) is 3. The average Bonchev–Trinajstić information content (AvgIpc) is 2.89. The van der Waals surface area contributed by atoms with E-state index in [2.05, 4.69) is 0 Å². The van der Waals surface area contributed by atoms with Crippen LogP contribution in [0.4, 0.5) is 0 Å². The summed E-state index contributed by atoms with van der Waals surface area (Å²) in [6, 6.07) is 0. The van der Waals surface area contributed by atoms with Crippen molar-refractivity contribution in [3.05, 3.63) is 23.3 Å². The Labute approximate surface area is 118 Å². The number of aliphatic hydroxyl groups excluding tert-OH is 1. The highest BCUT2D eigenvalue weighted by atomic mass is 16.5. The van der Waals surface area contributed by atoms with Crippen molar-refractivity contribution in [2.75, 3.05) is 13.2 Å². The van der Waals surface area contributed by atoms with E-state index in [0.717, 1.165) is 19.4 Å². The van der Waals surface area contributed by atoms with Crippen LogP contribution in [0.1, 0.15) is 33.1 Å². The predicted molar refractivity (Wildman–Crippen MR) is 73.5 cm³/mol. The van der Waals surface area contributed by atoms with Gasteiger partial charge in [-0.3, -0.25) is 0 Å². The normalized spacial score (nSPS) is 19.2. The molecule has 1 atom stereocenters. The van der Waals surface area contributed by atoms with Gasteiger partial charge in [0.15, 0.2) is 0 Å². The summed E-state index contributed by atoms with van der Waals surface area (Å²) in [5.41, 5.74) is 0.654. The Morgan fingerprint density at radius 2 is 1.80 bits per heavy atom. The summed E-state index contributed by atoms with van der Waals surface area (Å²) < 4.78 is 5.23. The highest BCUT2D eigenvalue weighted by molar-refractivity contribution is 5.86. The second-order valence-corrected chi connectivity index (χ2v) is 4.41. The van der Waals surface area contributed by atoms with Crippen LogP contribution < -0.4 is 0 Å². The van der Waals surface area contributed by atoms with E-state index in [4.69, 9.17) is 20.1 Å². The lowest BCUT2D eigenvalue weighted by molar-refractivity contribution is -0.133. The van der Waals surface area contributed by atoms with Gasteiger partial charge in [0, 0.05) is 24.4 Å². The Bertz CT molecular complexity index is 377. The fraction of sp³-hybridized carbons (Fsp3) is 0.571. The summed E-state index contributed by atoms with van der Waals surface area (Å²) in [4.78, 5) is 20.4. The van der Waals surface area contributed by atoms with Crippen LogP contribution in [-0.2, 0) is 14.3 Å². The van der Waals surface area contributed by atoms with Crippen LogP contribution in [-0.4, -0.2) is 46.6 Å². The Kier molecular flexibility index (Phi) is 9.32. The molecule has 1 aliphatic rings. The third-order valence-electron chi connectivity index (χ3n) is 2.66. The molecule has 1 heterocycles. The van der Waals surface area contributed by atoms with Crippen molar-refractivity contribution in [3.8, 4) is 0 Å². The number of hydrogen-bond acceptors (Lipinski definition) is 4. The highest BCUT2D eigenvalue weighted by Gasteiger charge is 2.14. The molecule has 0 aromatic carbocycles. The third kappa shape index (κ3) is 8.44. The molecule has 1 saturated heterocycles. The van der Waals surface area contributed by atoms with E-state index in [1.54, 1.807) is 13.0 Å². The van der Waals surface area contributed by atoms with Gasteiger partial charge in [-0.15, -0.1) is 0 Å². The number of carboxylic acids is 2. The van der Waals surface area contributed by atoms with E-state index in [0.29, 0.717) is 12.0 Å². The molecule has 0 aliphatic carbocycles. The second-order valence-electron chi connectivity index (χ2n) is 4.41. The summed E-state index contributed by atoms with van der Waals surface area (Å²) in [5, 5.41) is 25.0. The molecule has 0 aromatic rings. The van der Waals surface area contributed by atoms with Gasteiger partial charge in [-0.2, -0.15) is 0 Å². The Morgan fingerprint density at radius 1 is 1.20 bits per heavy atom. The van der Waals surface area contributed by atoms with Crippen LogP contribution in [0.3, 0.4) is 0 Å². The lowest BCUT2D eigenvalue weighted by Crippen LogP contribution is -2.05. The van der Waals surface area contributed by atoms with Gasteiger partial charge in [-0.25, -0.2) is 9.59 Å². The zero-order valence-corrected chi connectivity index (χ0v) is 11.8. The zero-order valence-electron chi connectivity index (χ0n) is 11.8. The minimum atomic E-state index is -0.927. The zero-order chi connectivity index (χ0) is 15.5. The fourth-order valence-electron chi connectivity index (χ4n) is 1.45. The molecule has 6 nitrogen and oxygen atoms in total. The first-order valence-electron chi connectivity index (χ1n) is 6.42. The van der Waals surface area contributed by atoms with Crippen LogP contribution in [0.2, 0.25) is 0 Å². The van der Waals surface area contributed by atoms with Crippen LogP contribution in [0, 0.1) is 0 Å². The first kappa shape index (κ1) is 18.3. The SMILES string of the molecule is C/C(=C\C1CCCO1)C(=O)O.C/C(=C\CCO)C(=O)O. The minimum absolute atomic E-state index is 0.00458. The van der Waals surface area contributed by atoms with Crippen molar-refractivity contribution >= 4 is 11.9 Å². The summed E-state index contributed by atoms with van der Waals surface area (Å²) in [7, 11) is 0. The van der Waals surface area contributed by atoms with Crippen molar-refractivity contribution in [2.45, 2.75) is 39.2 Å². The van der Waals surface area contributed by atoms with Gasteiger partial charge in [-0.05, 0) is 39.2 Å². The molecule has 6 heteroatoms. The molecule has 1 aliphatic heterocycles. The van der Waals surface area contributed by atoms with Gasteiger partial charge in [0.25, 0.3) is 0 Å². The van der Waals surface area contributed by atoms with Gasteiger partial charge in [0.05, 0.1) is 6.10 Å². The Balaban J connectivity index is 0.000000370. The lowest BCUT2D eigenvalue weighted by Gasteiger charge is -2.02. The van der Waals surface area contributed by atoms with E-state index >= 15 is 0 Å². The topological polar surface area (TPSA) is 104 Å². The Morgan fingerprint density at radius 3 is 2.20 bits per heavy atom. The van der Waals surface area contributed by atoms with Crippen LogP contribution in [0.15, 0.2) is 23.3 Å². The summed E-state index contributed by atoms with van der Waals surface area (Å²) in [5.74, 6) is -1.79. The first-order chi connectivity index (χ1) is 9.38. The molecule has 0 radical (unpaired) electrons. The fourth-order valence-corrected chi connectivity index (χ4v) is 1.45. The Hall–Kier alpha value is -1.66. The van der Waals surface area contributed by atoms with Gasteiger partial charge in [-0.1, -0.05) is 6.08 Å². The van der Waals surface area contributed by atoms with Crippen molar-refractivity contribution in [1.29, 1.82) is 0 Å². The molecule has 0 amide bonds. The molecule has 0 bridgehead atoms. The molecule has 114 valence electrons. The molecule has 1 unspecified atom stereocenters. The maximum atomic E-state index is 10.4. The van der Waals surface area contributed by atoms with Crippen molar-refractivity contribution < 1.29 is 29.6 Å². The smallest absolute Gasteiger partial charge is 0.331 e. The molecule has 0 spiro atoms. The first-order valence-corrected chi connectivity index (χ1v) is 6.42. The highest BCUT2D eigenvalue weighted by Crippen LogP contribution is 2.14. The number of rotatable bonds is 5. The number of ether oxygens (including phenoxy) is 1. The number of carboxylic acid groups (broad SMARTS) is 2. The van der Waals surface area contributed by atoms with Crippen LogP contribution in [0.25, 0.3) is 0 Å². The number of aliphatic carboxylic acids is 2. The monoisotopic (exact) mass is 286 g/mol. The molecule has 0 aromatic heterocycles. The molecular weight excluding hydrogens is 264 g/mol. The molecule has 1 fully saturated rings. The van der Waals surface area contributed by atoms with Gasteiger partial charge in [0.2, 0.25) is 0 Å².